The van der Waals surface area contributed by atoms with Crippen LogP contribution in [0.15, 0.2) is 41.4 Å². The van der Waals surface area contributed by atoms with Crippen LogP contribution < -0.4 is 9.47 Å². The molecule has 0 atom stereocenters. The molecule has 0 amide bonds. The largest absolute Gasteiger partial charge is 0.493 e. The Kier molecular flexibility index (Phi) is 6.07. The van der Waals surface area contributed by atoms with Crippen LogP contribution in [-0.4, -0.2) is 28.8 Å². The molecule has 8 heteroatoms. The minimum absolute atomic E-state index is 0.741. The summed E-state index contributed by atoms with van der Waals surface area (Å²) in [7, 11) is 3.33. The Balaban J connectivity index is 1.45. The standard InChI is InChI=1S/C25H25N3O2S3/c1-6-24-26-27-25(19-12-23-18(28(19)24)9-14(2)32-23)31-13-17-11-22(33-15(17)3)16-7-8-20(29-4)21(10-16)30-5/h7-12H,6,13H2,1-5H3. The van der Waals surface area contributed by atoms with Crippen molar-refractivity contribution >= 4 is 50.2 Å². The van der Waals surface area contributed by atoms with E-state index in [1.165, 1.54) is 30.4 Å². The maximum absolute atomic E-state index is 5.48. The number of rotatable bonds is 7. The Hall–Kier alpha value is -2.55. The molecule has 4 aromatic heterocycles. The third kappa shape index (κ3) is 4.00. The summed E-state index contributed by atoms with van der Waals surface area (Å²) in [6.45, 7) is 6.47. The molecule has 5 rings (SSSR count). The molecule has 0 unspecified atom stereocenters. The SMILES string of the molecule is CCc1nnc(SCc2cc(-c3ccc(OC)c(OC)c3)sc2C)c2cc3sc(C)cc3n12. The maximum Gasteiger partial charge on any atom is 0.161 e. The Morgan fingerprint density at radius 2 is 1.76 bits per heavy atom. The van der Waals surface area contributed by atoms with Crippen molar-refractivity contribution < 1.29 is 9.47 Å². The summed E-state index contributed by atoms with van der Waals surface area (Å²) in [5.41, 5.74) is 4.84. The third-order valence-electron chi connectivity index (χ3n) is 5.72. The molecule has 0 aliphatic carbocycles. The summed E-state index contributed by atoms with van der Waals surface area (Å²) in [5.74, 6) is 3.34. The van der Waals surface area contributed by atoms with E-state index in [-0.39, 0.29) is 0 Å². The molecule has 0 spiro atoms. The molecule has 5 aromatic rings. The lowest BCUT2D eigenvalue weighted by atomic mass is 10.1. The van der Waals surface area contributed by atoms with Gasteiger partial charge in [0.1, 0.15) is 10.9 Å². The lowest BCUT2D eigenvalue weighted by molar-refractivity contribution is 0.355. The second kappa shape index (κ2) is 9.00. The average Bonchev–Trinajstić information content (AvgIpc) is 3.48. The van der Waals surface area contributed by atoms with Gasteiger partial charge in [0.05, 0.1) is 30.0 Å². The molecule has 0 aliphatic rings. The molecule has 0 aliphatic heterocycles. The van der Waals surface area contributed by atoms with Crippen molar-refractivity contribution in [3.63, 3.8) is 0 Å². The number of hydrogen-bond acceptors (Lipinski definition) is 7. The van der Waals surface area contributed by atoms with Crippen molar-refractivity contribution in [3.8, 4) is 21.9 Å². The molecular formula is C25H25N3O2S3. The molecule has 0 N–H and O–H groups in total. The van der Waals surface area contributed by atoms with E-state index in [2.05, 4.69) is 59.6 Å². The van der Waals surface area contributed by atoms with Gasteiger partial charge in [0.2, 0.25) is 0 Å². The number of fused-ring (bicyclic) bond motifs is 3. The zero-order valence-electron chi connectivity index (χ0n) is 19.3. The third-order valence-corrected chi connectivity index (χ3v) is 8.86. The second-order valence-corrected chi connectivity index (χ2v) is 11.3. The number of nitrogens with zero attached hydrogens (tertiary/aromatic N) is 3. The van der Waals surface area contributed by atoms with Crippen LogP contribution in [0, 0.1) is 13.8 Å². The average molecular weight is 496 g/mol. The zero-order valence-corrected chi connectivity index (χ0v) is 21.7. The molecule has 0 bridgehead atoms. The van der Waals surface area contributed by atoms with Crippen LogP contribution in [-0.2, 0) is 12.2 Å². The first-order valence-electron chi connectivity index (χ1n) is 10.7. The Labute approximate surface area is 205 Å². The lowest BCUT2D eigenvalue weighted by Crippen LogP contribution is -2.03. The molecule has 1 aromatic carbocycles. The fourth-order valence-electron chi connectivity index (χ4n) is 4.02. The predicted octanol–water partition coefficient (Wildman–Crippen LogP) is 7.16. The number of aromatic nitrogens is 3. The van der Waals surface area contributed by atoms with Crippen LogP contribution >= 0.6 is 34.4 Å². The van der Waals surface area contributed by atoms with Gasteiger partial charge in [0.15, 0.2) is 11.5 Å². The van der Waals surface area contributed by atoms with E-state index in [4.69, 9.17) is 9.47 Å². The van der Waals surface area contributed by atoms with Crippen LogP contribution in [0.25, 0.3) is 26.2 Å². The Morgan fingerprint density at radius 1 is 0.939 bits per heavy atom. The highest BCUT2D eigenvalue weighted by molar-refractivity contribution is 7.98. The van der Waals surface area contributed by atoms with E-state index in [0.29, 0.717) is 0 Å². The minimum atomic E-state index is 0.741. The molecule has 0 fully saturated rings. The van der Waals surface area contributed by atoms with Crippen molar-refractivity contribution in [2.24, 2.45) is 0 Å². The molecule has 5 nitrogen and oxygen atoms in total. The van der Waals surface area contributed by atoms with Gasteiger partial charge < -0.3 is 9.47 Å². The van der Waals surface area contributed by atoms with E-state index >= 15 is 0 Å². The predicted molar refractivity (Wildman–Crippen MR) is 140 cm³/mol. The van der Waals surface area contributed by atoms with Crippen LogP contribution in [0.3, 0.4) is 0 Å². The Morgan fingerprint density at radius 3 is 2.52 bits per heavy atom. The number of methoxy groups -OCH3 is 2. The fourth-order valence-corrected chi connectivity index (χ4v) is 7.08. The summed E-state index contributed by atoms with van der Waals surface area (Å²) >= 11 is 5.38. The first-order chi connectivity index (χ1) is 16.0. The zero-order chi connectivity index (χ0) is 23.1. The van der Waals surface area contributed by atoms with E-state index in [0.717, 1.165) is 45.6 Å². The second-order valence-electron chi connectivity index (χ2n) is 7.80. The lowest BCUT2D eigenvalue weighted by Gasteiger charge is -2.08. The van der Waals surface area contributed by atoms with Crippen molar-refractivity contribution in [2.45, 2.75) is 38.0 Å². The van der Waals surface area contributed by atoms with Gasteiger partial charge in [-0.05, 0) is 61.4 Å². The van der Waals surface area contributed by atoms with Crippen molar-refractivity contribution in [1.29, 1.82) is 0 Å². The summed E-state index contributed by atoms with van der Waals surface area (Å²) in [5, 5.41) is 10.1. The number of thiophene rings is 2. The smallest absolute Gasteiger partial charge is 0.161 e. The molecule has 4 heterocycles. The van der Waals surface area contributed by atoms with Crippen molar-refractivity contribution in [3.05, 3.63) is 57.5 Å². The number of ether oxygens (including phenoxy) is 2. The quantitative estimate of drug-likeness (QED) is 0.224. The van der Waals surface area contributed by atoms with Crippen LogP contribution in [0.4, 0.5) is 0 Å². The van der Waals surface area contributed by atoms with Gasteiger partial charge in [-0.25, -0.2) is 0 Å². The molecule has 33 heavy (non-hydrogen) atoms. The highest BCUT2D eigenvalue weighted by Gasteiger charge is 2.16. The number of aryl methyl sites for hydroxylation is 3. The van der Waals surface area contributed by atoms with E-state index in [1.54, 1.807) is 37.3 Å². The highest BCUT2D eigenvalue weighted by atomic mass is 32.2. The summed E-state index contributed by atoms with van der Waals surface area (Å²) in [6.07, 6.45) is 0.853. The summed E-state index contributed by atoms with van der Waals surface area (Å²) in [4.78, 5) is 3.85. The molecule has 0 radical (unpaired) electrons. The topological polar surface area (TPSA) is 48.7 Å². The van der Waals surface area contributed by atoms with Gasteiger partial charge in [0, 0.05) is 26.8 Å². The number of thioether (sulfide) groups is 1. The normalized spacial score (nSPS) is 11.5. The van der Waals surface area contributed by atoms with Gasteiger partial charge in [-0.3, -0.25) is 4.40 Å². The van der Waals surface area contributed by atoms with E-state index in [9.17, 15) is 0 Å². The Bertz CT molecular complexity index is 1470. The van der Waals surface area contributed by atoms with Gasteiger partial charge in [0.25, 0.3) is 0 Å². The van der Waals surface area contributed by atoms with E-state index < -0.39 is 0 Å². The van der Waals surface area contributed by atoms with Crippen molar-refractivity contribution in [1.82, 2.24) is 14.6 Å². The molecule has 0 saturated carbocycles. The molecule has 170 valence electrons. The number of benzene rings is 1. The first-order valence-corrected chi connectivity index (χ1v) is 13.4. The monoisotopic (exact) mass is 495 g/mol. The van der Waals surface area contributed by atoms with Gasteiger partial charge >= 0.3 is 0 Å². The van der Waals surface area contributed by atoms with Crippen LogP contribution in [0.1, 0.15) is 28.1 Å². The summed E-state index contributed by atoms with van der Waals surface area (Å²) < 4.78 is 14.4. The molecule has 0 saturated heterocycles. The molecular weight excluding hydrogens is 470 g/mol. The number of hydrogen-bond donors (Lipinski definition) is 0. The fraction of sp³-hybridized carbons (Fsp3) is 0.280. The van der Waals surface area contributed by atoms with Crippen molar-refractivity contribution in [2.75, 3.05) is 14.2 Å². The highest BCUT2D eigenvalue weighted by Crippen LogP contribution is 2.39. The van der Waals surface area contributed by atoms with Gasteiger partial charge in [-0.15, -0.1) is 32.9 Å². The van der Waals surface area contributed by atoms with Crippen LogP contribution in [0.2, 0.25) is 0 Å². The van der Waals surface area contributed by atoms with E-state index in [1.807, 2.05) is 23.5 Å². The maximum atomic E-state index is 5.48. The van der Waals surface area contributed by atoms with Crippen LogP contribution in [0.5, 0.6) is 11.5 Å². The first kappa shape index (κ1) is 22.3. The van der Waals surface area contributed by atoms with Gasteiger partial charge in [-0.1, -0.05) is 18.7 Å². The minimum Gasteiger partial charge on any atom is -0.493 e. The van der Waals surface area contributed by atoms with Gasteiger partial charge in [-0.2, -0.15) is 0 Å². The summed E-state index contributed by atoms with van der Waals surface area (Å²) in [6, 6.07) is 12.9.